The molecule has 0 radical (unpaired) electrons. The zero-order valence-electron chi connectivity index (χ0n) is 20.7. The maximum atomic E-state index is 13.8. The third-order valence-electron chi connectivity index (χ3n) is 6.34. The molecule has 5 aromatic rings. The molecule has 0 fully saturated rings. The smallest absolute Gasteiger partial charge is 0.335 e. The summed E-state index contributed by atoms with van der Waals surface area (Å²) >= 11 is 7.70. The fourth-order valence-electron chi connectivity index (χ4n) is 4.36. The van der Waals surface area contributed by atoms with Crippen molar-refractivity contribution in [1.29, 1.82) is 5.26 Å². The van der Waals surface area contributed by atoms with E-state index in [4.69, 9.17) is 11.6 Å². The van der Waals surface area contributed by atoms with E-state index in [0.29, 0.717) is 16.1 Å². The van der Waals surface area contributed by atoms with Crippen molar-refractivity contribution in [3.8, 4) is 17.2 Å². The van der Waals surface area contributed by atoms with Gasteiger partial charge in [-0.05, 0) is 78.2 Å². The molecule has 0 spiro atoms. The molecule has 8 heteroatoms. The van der Waals surface area contributed by atoms with Crippen molar-refractivity contribution in [3.63, 3.8) is 0 Å². The number of benzene rings is 4. The molecule has 0 aliphatic heterocycles. The molecular formula is C31H22ClN3O3S. The first-order chi connectivity index (χ1) is 18.8. The minimum absolute atomic E-state index is 0.182. The van der Waals surface area contributed by atoms with Crippen LogP contribution >= 0.6 is 23.4 Å². The van der Waals surface area contributed by atoms with Crippen LogP contribution in [-0.4, -0.2) is 22.0 Å². The number of halogens is 1. The second kappa shape index (κ2) is 11.1. The van der Waals surface area contributed by atoms with Crippen LogP contribution in [-0.2, 0) is 0 Å². The van der Waals surface area contributed by atoms with Gasteiger partial charge in [-0.25, -0.2) is 4.79 Å². The number of hydrogen-bond donors (Lipinski definition) is 3. The summed E-state index contributed by atoms with van der Waals surface area (Å²) in [6, 6.07) is 26.8. The summed E-state index contributed by atoms with van der Waals surface area (Å²) in [6.07, 6.45) is 1.87. The molecule has 0 unspecified atom stereocenters. The van der Waals surface area contributed by atoms with E-state index in [0.717, 1.165) is 37.4 Å². The molecule has 0 saturated carbocycles. The van der Waals surface area contributed by atoms with Crippen molar-refractivity contribution in [2.75, 3.05) is 0 Å². The number of nitriles is 1. The highest BCUT2D eigenvalue weighted by Gasteiger charge is 2.20. The number of fused-ring (bicyclic) bond motifs is 1. The lowest BCUT2D eigenvalue weighted by atomic mass is 9.98. The van der Waals surface area contributed by atoms with Crippen molar-refractivity contribution in [3.05, 3.63) is 118 Å². The summed E-state index contributed by atoms with van der Waals surface area (Å²) in [5.74, 6) is -1.28. The molecule has 3 N–H and O–H groups in total. The van der Waals surface area contributed by atoms with Gasteiger partial charge in [-0.2, -0.15) is 5.26 Å². The highest BCUT2D eigenvalue weighted by atomic mass is 35.5. The first-order valence-corrected chi connectivity index (χ1v) is 13.2. The molecule has 0 aliphatic carbocycles. The molecule has 5 rings (SSSR count). The average molecular weight is 552 g/mol. The number of hydrogen-bond acceptors (Lipinski definition) is 4. The number of nitrogens with zero attached hydrogens (tertiary/aromatic N) is 1. The summed E-state index contributed by atoms with van der Waals surface area (Å²) in [7, 11) is 0. The van der Waals surface area contributed by atoms with Gasteiger partial charge >= 0.3 is 5.97 Å². The monoisotopic (exact) mass is 551 g/mol. The van der Waals surface area contributed by atoms with Gasteiger partial charge in [-0.15, -0.1) is 0 Å². The molecule has 1 atom stereocenters. The van der Waals surface area contributed by atoms with E-state index in [1.54, 1.807) is 24.3 Å². The van der Waals surface area contributed by atoms with Crippen LogP contribution in [0.5, 0.6) is 0 Å². The Balaban J connectivity index is 1.56. The molecule has 39 heavy (non-hydrogen) atoms. The molecule has 1 aromatic heterocycles. The molecule has 4 aromatic carbocycles. The van der Waals surface area contributed by atoms with Crippen LogP contribution in [0.1, 0.15) is 44.8 Å². The number of H-pyrrole nitrogens is 1. The molecular weight excluding hydrogens is 530 g/mol. The van der Waals surface area contributed by atoms with Crippen molar-refractivity contribution < 1.29 is 14.7 Å². The predicted molar refractivity (Wildman–Crippen MR) is 153 cm³/mol. The average Bonchev–Trinajstić information content (AvgIpc) is 3.35. The maximum absolute atomic E-state index is 13.8. The van der Waals surface area contributed by atoms with E-state index in [1.807, 2.05) is 61.7 Å². The first-order valence-electron chi connectivity index (χ1n) is 12.1. The minimum atomic E-state index is -1.00. The van der Waals surface area contributed by atoms with Gasteiger partial charge in [0.2, 0.25) is 0 Å². The van der Waals surface area contributed by atoms with Gasteiger partial charge in [0.25, 0.3) is 5.91 Å². The zero-order valence-corrected chi connectivity index (χ0v) is 22.3. The van der Waals surface area contributed by atoms with E-state index in [9.17, 15) is 20.0 Å². The Bertz CT molecular complexity index is 1760. The fraction of sp³-hybridized carbons (Fsp3) is 0.0645. The van der Waals surface area contributed by atoms with Gasteiger partial charge in [0.05, 0.1) is 28.8 Å². The third-order valence-corrected chi connectivity index (χ3v) is 7.61. The summed E-state index contributed by atoms with van der Waals surface area (Å²) in [4.78, 5) is 30.1. The number of rotatable bonds is 7. The van der Waals surface area contributed by atoms with E-state index < -0.39 is 5.97 Å². The van der Waals surface area contributed by atoms with Crippen molar-refractivity contribution >= 4 is 46.1 Å². The first kappa shape index (κ1) is 26.1. The summed E-state index contributed by atoms with van der Waals surface area (Å²) in [5.41, 5.74) is 4.37. The lowest BCUT2D eigenvalue weighted by molar-refractivity contribution is 0.0696. The highest BCUT2D eigenvalue weighted by molar-refractivity contribution is 7.99. The molecule has 1 heterocycles. The molecule has 0 saturated heterocycles. The molecule has 192 valence electrons. The standard InChI is InChI=1S/C31H22ClN3O3S/c1-18(20-8-10-21(11-9-20)31(37)38)35-30(36)26-13-23(22-5-2-4-19(12-22)16-33)14-27-29(26)28(17-34-27)39-25-7-3-6-24(32)15-25/h2-15,17-18,34H,1H3,(H,35,36)(H,37,38)/t18-/m0/s1. The second-order valence-electron chi connectivity index (χ2n) is 8.97. The minimum Gasteiger partial charge on any atom is -0.478 e. The number of carbonyl (C=O) groups is 2. The quantitative estimate of drug-likeness (QED) is 0.192. The number of aromatic nitrogens is 1. The van der Waals surface area contributed by atoms with E-state index in [1.165, 1.54) is 23.9 Å². The molecule has 0 bridgehead atoms. The number of carboxylic acid groups (broad SMARTS) is 1. The number of carbonyl (C=O) groups excluding carboxylic acids is 1. The van der Waals surface area contributed by atoms with Crippen LogP contribution in [0.25, 0.3) is 22.0 Å². The summed E-state index contributed by atoms with van der Waals surface area (Å²) in [5, 5.41) is 23.0. The van der Waals surface area contributed by atoms with E-state index in [2.05, 4.69) is 16.4 Å². The Kier molecular flexibility index (Phi) is 7.42. The number of amides is 1. The van der Waals surface area contributed by atoms with Gasteiger partial charge in [0, 0.05) is 31.9 Å². The van der Waals surface area contributed by atoms with Crippen LogP contribution < -0.4 is 5.32 Å². The van der Waals surface area contributed by atoms with Crippen LogP contribution in [0.2, 0.25) is 5.02 Å². The van der Waals surface area contributed by atoms with Crippen LogP contribution in [0.4, 0.5) is 0 Å². The molecule has 0 aliphatic rings. The lowest BCUT2D eigenvalue weighted by Gasteiger charge is -2.16. The Hall–Kier alpha value is -4.51. The second-order valence-corrected chi connectivity index (χ2v) is 10.5. The van der Waals surface area contributed by atoms with Gasteiger partial charge in [0.15, 0.2) is 0 Å². The molecule has 1 amide bonds. The van der Waals surface area contributed by atoms with Gasteiger partial charge in [0.1, 0.15) is 0 Å². The maximum Gasteiger partial charge on any atom is 0.335 e. The van der Waals surface area contributed by atoms with Gasteiger partial charge in [-0.3, -0.25) is 4.79 Å². The Morgan fingerprint density at radius 3 is 2.49 bits per heavy atom. The summed E-state index contributed by atoms with van der Waals surface area (Å²) in [6.45, 7) is 1.85. The number of aromatic amines is 1. The SMILES string of the molecule is C[C@H](NC(=O)c1cc(-c2cccc(C#N)c2)cc2[nH]cc(Sc3cccc(Cl)c3)c12)c1ccc(C(=O)O)cc1. The van der Waals surface area contributed by atoms with Crippen molar-refractivity contribution in [1.82, 2.24) is 10.3 Å². The van der Waals surface area contributed by atoms with E-state index >= 15 is 0 Å². The largest absolute Gasteiger partial charge is 0.478 e. The number of aromatic carboxylic acids is 1. The third kappa shape index (κ3) is 5.68. The summed E-state index contributed by atoms with van der Waals surface area (Å²) < 4.78 is 0. The van der Waals surface area contributed by atoms with Crippen LogP contribution in [0, 0.1) is 11.3 Å². The number of carboxylic acids is 1. The zero-order chi connectivity index (χ0) is 27.5. The lowest BCUT2D eigenvalue weighted by Crippen LogP contribution is -2.27. The number of nitrogens with one attached hydrogen (secondary N) is 2. The fourth-order valence-corrected chi connectivity index (χ4v) is 5.64. The normalized spacial score (nSPS) is 11.6. The predicted octanol–water partition coefficient (Wildman–Crippen LogP) is 7.70. The highest BCUT2D eigenvalue weighted by Crippen LogP contribution is 2.38. The van der Waals surface area contributed by atoms with Crippen molar-refractivity contribution in [2.24, 2.45) is 0 Å². The molecule has 6 nitrogen and oxygen atoms in total. The Morgan fingerprint density at radius 2 is 1.77 bits per heavy atom. The topological polar surface area (TPSA) is 106 Å². The Labute approximate surface area is 234 Å². The van der Waals surface area contributed by atoms with Crippen LogP contribution in [0.3, 0.4) is 0 Å². The van der Waals surface area contributed by atoms with Crippen molar-refractivity contribution in [2.45, 2.75) is 22.8 Å². The Morgan fingerprint density at radius 1 is 1.00 bits per heavy atom. The van der Waals surface area contributed by atoms with Gasteiger partial charge in [-0.1, -0.05) is 53.7 Å². The van der Waals surface area contributed by atoms with Gasteiger partial charge < -0.3 is 15.4 Å². The van der Waals surface area contributed by atoms with E-state index in [-0.39, 0.29) is 17.5 Å². The van der Waals surface area contributed by atoms with Crippen LogP contribution in [0.15, 0.2) is 101 Å².